The van der Waals surface area contributed by atoms with Gasteiger partial charge in [-0.1, -0.05) is 12.1 Å². The van der Waals surface area contributed by atoms with Gasteiger partial charge in [-0.2, -0.15) is 0 Å². The Hall–Kier alpha value is -5.13. The van der Waals surface area contributed by atoms with E-state index in [1.165, 1.54) is 11.3 Å². The van der Waals surface area contributed by atoms with Gasteiger partial charge >= 0.3 is 0 Å². The van der Waals surface area contributed by atoms with Gasteiger partial charge in [0.1, 0.15) is 18.1 Å². The van der Waals surface area contributed by atoms with E-state index in [2.05, 4.69) is 36.9 Å². The molecule has 0 unspecified atom stereocenters. The van der Waals surface area contributed by atoms with Gasteiger partial charge in [-0.15, -0.1) is 11.3 Å². The number of amides is 6. The van der Waals surface area contributed by atoms with Crippen LogP contribution in [0, 0.1) is 5.41 Å². The third kappa shape index (κ3) is 11.6. The molecule has 47 heavy (non-hydrogen) atoms. The van der Waals surface area contributed by atoms with Gasteiger partial charge in [0.05, 0.1) is 29.1 Å². The molecule has 4 atom stereocenters. The number of nitrogens with zero attached hydrogens (tertiary/aromatic N) is 1. The number of guanidine groups is 1. The summed E-state index contributed by atoms with van der Waals surface area (Å²) in [6.45, 7) is 1.61. The highest BCUT2D eigenvalue weighted by Crippen LogP contribution is 2.23. The first kappa shape index (κ1) is 36.3. The molecule has 2 aromatic rings. The first-order valence-corrected chi connectivity index (χ1v) is 15.9. The van der Waals surface area contributed by atoms with Crippen molar-refractivity contribution < 1.29 is 33.6 Å². The Morgan fingerprint density at radius 1 is 1.09 bits per heavy atom. The first-order valence-electron chi connectivity index (χ1n) is 15.0. The quantitative estimate of drug-likeness (QED) is 0.0563. The standard InChI is InChI=1S/C29H40N10O7S/c1-15(40)35-20-14-23(42)33-11-5-4-8-18(37-26(45)19(13-22(30)41)38-27(20)46)25(44)36-17(9-6-12-34-29(31)32)24(43)28-39-16-7-2-3-10-21(16)47-28/h2-3,7,10,17-20H,4-6,8-9,11-14H2,1H3,(H2,30,41)(H,33,42)(H,35,40)(H,36,44)(H,37,45)(H,38,46)(H4,31,32,34)/t17-,18-,19-,20-/m0/s1. The number of carbonyl (C=O) groups excluding carboxylic acids is 7. The predicted molar refractivity (Wildman–Crippen MR) is 172 cm³/mol. The number of para-hydroxylation sites is 1. The molecule has 0 aliphatic carbocycles. The van der Waals surface area contributed by atoms with Crippen LogP contribution in [0.4, 0.5) is 0 Å². The SMILES string of the molecule is CC(=O)N[C@H]1CC(=O)NCCCC[C@@H](C(=O)N[C@@H](CCCNC(=N)N)C(=O)c2nc3ccccc3s2)NC(=O)[C@H](CC(N)=O)NC1=O. The molecule has 1 aromatic carbocycles. The predicted octanol–water partition coefficient (Wildman–Crippen LogP) is -1.73. The van der Waals surface area contributed by atoms with Crippen molar-refractivity contribution in [3.63, 3.8) is 0 Å². The lowest BCUT2D eigenvalue weighted by Crippen LogP contribution is -2.58. The van der Waals surface area contributed by atoms with E-state index in [-0.39, 0.29) is 36.9 Å². The summed E-state index contributed by atoms with van der Waals surface area (Å²) in [6.07, 6.45) is 0.309. The van der Waals surface area contributed by atoms with Gasteiger partial charge in [-0.3, -0.25) is 39.0 Å². The van der Waals surface area contributed by atoms with E-state index in [1.807, 2.05) is 12.1 Å². The van der Waals surface area contributed by atoms with Crippen molar-refractivity contribution in [3.8, 4) is 0 Å². The van der Waals surface area contributed by atoms with E-state index >= 15 is 0 Å². The minimum atomic E-state index is -1.53. The van der Waals surface area contributed by atoms with Gasteiger partial charge in [0.15, 0.2) is 11.0 Å². The Bertz CT molecular complexity index is 1480. The molecule has 0 saturated carbocycles. The summed E-state index contributed by atoms with van der Waals surface area (Å²) in [5.74, 6) is -5.26. The zero-order valence-electron chi connectivity index (χ0n) is 25.9. The fourth-order valence-corrected chi connectivity index (χ4v) is 5.79. The molecule has 1 saturated heterocycles. The van der Waals surface area contributed by atoms with E-state index in [0.29, 0.717) is 24.8 Å². The Labute approximate surface area is 274 Å². The molecule has 254 valence electrons. The summed E-state index contributed by atoms with van der Waals surface area (Å²) in [7, 11) is 0. The van der Waals surface area contributed by atoms with Crippen LogP contribution in [-0.4, -0.2) is 89.4 Å². The lowest BCUT2D eigenvalue weighted by Gasteiger charge is -2.26. The number of benzene rings is 1. The molecule has 0 spiro atoms. The van der Waals surface area contributed by atoms with Crippen molar-refractivity contribution in [3.05, 3.63) is 29.3 Å². The molecule has 11 N–H and O–H groups in total. The number of hydrogen-bond donors (Lipinski definition) is 9. The molecule has 1 fully saturated rings. The molecule has 2 heterocycles. The third-order valence-corrected chi connectivity index (χ3v) is 8.17. The number of carbonyl (C=O) groups is 7. The number of ketones is 1. The number of rotatable bonds is 11. The molecular weight excluding hydrogens is 632 g/mol. The molecule has 6 amide bonds. The van der Waals surface area contributed by atoms with E-state index < -0.39 is 78.2 Å². The van der Waals surface area contributed by atoms with E-state index in [4.69, 9.17) is 16.9 Å². The second kappa shape index (κ2) is 17.5. The molecule has 0 radical (unpaired) electrons. The van der Waals surface area contributed by atoms with Crippen molar-refractivity contribution in [1.82, 2.24) is 36.9 Å². The van der Waals surface area contributed by atoms with E-state index in [9.17, 15) is 33.6 Å². The van der Waals surface area contributed by atoms with Crippen LogP contribution in [-0.2, 0) is 28.8 Å². The van der Waals surface area contributed by atoms with Crippen LogP contribution in [0.1, 0.15) is 61.7 Å². The number of hydrogen-bond acceptors (Lipinski definition) is 10. The number of nitrogens with two attached hydrogens (primary N) is 2. The molecule has 17 nitrogen and oxygen atoms in total. The van der Waals surface area contributed by atoms with Crippen molar-refractivity contribution >= 4 is 68.7 Å². The lowest BCUT2D eigenvalue weighted by atomic mass is 10.0. The Morgan fingerprint density at radius 2 is 1.83 bits per heavy atom. The normalized spacial score (nSPS) is 20.0. The van der Waals surface area contributed by atoms with Gasteiger partial charge in [0.2, 0.25) is 41.2 Å². The van der Waals surface area contributed by atoms with Crippen molar-refractivity contribution in [2.45, 2.75) is 76.0 Å². The summed E-state index contributed by atoms with van der Waals surface area (Å²) in [5, 5.41) is 22.9. The summed E-state index contributed by atoms with van der Waals surface area (Å²) < 4.78 is 0.785. The maximum Gasteiger partial charge on any atom is 0.243 e. The van der Waals surface area contributed by atoms with Gasteiger partial charge in [-0.25, -0.2) is 4.98 Å². The third-order valence-electron chi connectivity index (χ3n) is 7.12. The Morgan fingerprint density at radius 3 is 2.51 bits per heavy atom. The highest BCUT2D eigenvalue weighted by molar-refractivity contribution is 7.20. The zero-order valence-corrected chi connectivity index (χ0v) is 26.7. The molecular formula is C29H40N10O7S. The first-order chi connectivity index (χ1) is 22.3. The van der Waals surface area contributed by atoms with Gasteiger partial charge in [-0.05, 0) is 44.2 Å². The molecule has 3 rings (SSSR count). The zero-order chi connectivity index (χ0) is 34.5. The Kier molecular flexibility index (Phi) is 13.6. The fourth-order valence-electron chi connectivity index (χ4n) is 4.83. The summed E-state index contributed by atoms with van der Waals surface area (Å²) in [5.41, 5.74) is 11.3. The minimum absolute atomic E-state index is 0.0904. The molecule has 1 aliphatic rings. The van der Waals surface area contributed by atoms with Gasteiger partial charge < -0.3 is 43.4 Å². The average molecular weight is 673 g/mol. The topological polar surface area (TPSA) is 280 Å². The number of aromatic nitrogens is 1. The minimum Gasteiger partial charge on any atom is -0.370 e. The van der Waals surface area contributed by atoms with Crippen LogP contribution in [0.5, 0.6) is 0 Å². The number of fused-ring (bicyclic) bond motifs is 1. The maximum absolute atomic E-state index is 13.7. The van der Waals surface area contributed by atoms with Crippen LogP contribution in [0.2, 0.25) is 0 Å². The summed E-state index contributed by atoms with van der Waals surface area (Å²) in [6, 6.07) is 2.05. The second-order valence-electron chi connectivity index (χ2n) is 11.0. The van der Waals surface area contributed by atoms with Crippen LogP contribution >= 0.6 is 11.3 Å². The summed E-state index contributed by atoms with van der Waals surface area (Å²) >= 11 is 1.17. The number of Topliss-reactive ketones (excluding diaryl/α,β-unsaturated/α-hetero) is 1. The lowest BCUT2D eigenvalue weighted by molar-refractivity contribution is -0.136. The van der Waals surface area contributed by atoms with Crippen LogP contribution in [0.15, 0.2) is 24.3 Å². The van der Waals surface area contributed by atoms with E-state index in [0.717, 1.165) is 11.6 Å². The van der Waals surface area contributed by atoms with Crippen LogP contribution in [0.3, 0.4) is 0 Å². The average Bonchev–Trinajstić information content (AvgIpc) is 3.44. The van der Waals surface area contributed by atoms with Crippen molar-refractivity contribution in [2.75, 3.05) is 13.1 Å². The molecule has 1 aliphatic heterocycles. The highest BCUT2D eigenvalue weighted by Gasteiger charge is 2.33. The largest absolute Gasteiger partial charge is 0.370 e. The maximum atomic E-state index is 13.7. The number of thiazole rings is 1. The monoisotopic (exact) mass is 672 g/mol. The van der Waals surface area contributed by atoms with Gasteiger partial charge in [0, 0.05) is 20.0 Å². The highest BCUT2D eigenvalue weighted by atomic mass is 32.1. The molecule has 0 bridgehead atoms. The molecule has 1 aromatic heterocycles. The molecule has 18 heteroatoms. The second-order valence-corrected chi connectivity index (χ2v) is 12.0. The van der Waals surface area contributed by atoms with E-state index in [1.54, 1.807) is 12.1 Å². The van der Waals surface area contributed by atoms with Crippen LogP contribution in [0.25, 0.3) is 10.2 Å². The Balaban J connectivity index is 1.85. The van der Waals surface area contributed by atoms with Crippen molar-refractivity contribution in [1.29, 1.82) is 5.41 Å². The van der Waals surface area contributed by atoms with Crippen molar-refractivity contribution in [2.24, 2.45) is 11.5 Å². The van der Waals surface area contributed by atoms with Gasteiger partial charge in [0.25, 0.3) is 0 Å². The van der Waals surface area contributed by atoms with Crippen LogP contribution < -0.4 is 43.4 Å². The summed E-state index contributed by atoms with van der Waals surface area (Å²) in [4.78, 5) is 94.2. The number of nitrogens with one attached hydrogen (secondary N) is 7. The smallest absolute Gasteiger partial charge is 0.243 e. The fraction of sp³-hybridized carbons (Fsp3) is 0.483. The number of primary amides is 1.